The number of aliphatic hydroxyl groups excluding tert-OH is 1. The molecule has 2 aliphatic heterocycles. The zero-order chi connectivity index (χ0) is 19.6. The number of aliphatic hydroxyl groups is 1. The standard InChI is InChI=1S/C18H21NO3.H2O4S/c1-19-8-7-18-11-4-5-13(20)17(18)22-16-14(21-2)6-3-10(15(16)18)9-12(11)19;1-5(2,3)4/h3-6,11-13,17,20H,7-9H2,1-2H3;(H2,1,2,3,4). The Kier molecular flexibility index (Phi) is 4.28. The van der Waals surface area contributed by atoms with Gasteiger partial charge in [-0.2, -0.15) is 8.42 Å². The van der Waals surface area contributed by atoms with E-state index < -0.39 is 16.5 Å². The average molecular weight is 397 g/mol. The predicted octanol–water partition coefficient (Wildman–Crippen LogP) is 0.848. The van der Waals surface area contributed by atoms with Crippen LogP contribution in [0.15, 0.2) is 24.3 Å². The number of hydrogen-bond acceptors (Lipinski definition) is 6. The lowest BCUT2D eigenvalue weighted by Gasteiger charge is -2.56. The quantitative estimate of drug-likeness (QED) is 0.472. The second-order valence-corrected chi connectivity index (χ2v) is 8.46. The normalized spacial score (nSPS) is 35.6. The third kappa shape index (κ3) is 2.76. The van der Waals surface area contributed by atoms with Crippen molar-refractivity contribution in [2.75, 3.05) is 20.7 Å². The molecule has 1 aromatic carbocycles. The molecular formula is C18H23NO7S. The lowest BCUT2D eigenvalue weighted by molar-refractivity contribution is -0.0453. The number of rotatable bonds is 1. The number of hydrogen-bond donors (Lipinski definition) is 3. The molecule has 8 nitrogen and oxygen atoms in total. The topological polar surface area (TPSA) is 117 Å². The van der Waals surface area contributed by atoms with Gasteiger partial charge in [-0.05, 0) is 38.1 Å². The third-order valence-electron chi connectivity index (χ3n) is 6.35. The predicted molar refractivity (Wildman–Crippen MR) is 96.6 cm³/mol. The van der Waals surface area contributed by atoms with Crippen LogP contribution in [-0.4, -0.2) is 66.5 Å². The highest BCUT2D eigenvalue weighted by Gasteiger charge is 2.64. The van der Waals surface area contributed by atoms with Crippen LogP contribution < -0.4 is 9.47 Å². The van der Waals surface area contributed by atoms with Crippen LogP contribution in [0, 0.1) is 5.92 Å². The van der Waals surface area contributed by atoms with Crippen molar-refractivity contribution in [3.8, 4) is 11.5 Å². The van der Waals surface area contributed by atoms with Crippen molar-refractivity contribution in [1.82, 2.24) is 4.90 Å². The summed E-state index contributed by atoms with van der Waals surface area (Å²) in [4.78, 5) is 2.47. The van der Waals surface area contributed by atoms with Gasteiger partial charge in [0.1, 0.15) is 12.2 Å². The molecule has 0 radical (unpaired) electrons. The van der Waals surface area contributed by atoms with Crippen molar-refractivity contribution in [1.29, 1.82) is 0 Å². The molecule has 5 unspecified atom stereocenters. The molecule has 5 atom stereocenters. The molecule has 2 bridgehead atoms. The molecule has 3 N–H and O–H groups in total. The summed E-state index contributed by atoms with van der Waals surface area (Å²) in [6.07, 6.45) is 5.54. The fourth-order valence-corrected chi connectivity index (χ4v) is 5.39. The Hall–Kier alpha value is -1.65. The zero-order valence-electron chi connectivity index (χ0n) is 15.1. The largest absolute Gasteiger partial charge is 0.493 e. The van der Waals surface area contributed by atoms with E-state index in [2.05, 4.69) is 24.1 Å². The minimum Gasteiger partial charge on any atom is -0.493 e. The van der Waals surface area contributed by atoms with Crippen molar-refractivity contribution in [2.24, 2.45) is 5.92 Å². The van der Waals surface area contributed by atoms with Gasteiger partial charge < -0.3 is 19.5 Å². The summed E-state index contributed by atoms with van der Waals surface area (Å²) < 4.78 is 43.4. The van der Waals surface area contributed by atoms with Crippen LogP contribution in [0.5, 0.6) is 11.5 Å². The van der Waals surface area contributed by atoms with E-state index in [1.165, 1.54) is 11.1 Å². The molecule has 1 saturated heterocycles. The molecular weight excluding hydrogens is 374 g/mol. The van der Waals surface area contributed by atoms with Gasteiger partial charge in [0.15, 0.2) is 11.5 Å². The summed E-state index contributed by atoms with van der Waals surface area (Å²) in [6.45, 7) is 1.05. The highest BCUT2D eigenvalue weighted by atomic mass is 32.3. The molecule has 148 valence electrons. The summed E-state index contributed by atoms with van der Waals surface area (Å²) >= 11 is 0. The van der Waals surface area contributed by atoms with Gasteiger partial charge in [0, 0.05) is 22.9 Å². The van der Waals surface area contributed by atoms with Gasteiger partial charge in [0.05, 0.1) is 7.11 Å². The van der Waals surface area contributed by atoms with Crippen molar-refractivity contribution in [3.63, 3.8) is 0 Å². The lowest BCUT2D eigenvalue weighted by atomic mass is 9.53. The number of piperidine rings is 1. The molecule has 27 heavy (non-hydrogen) atoms. The van der Waals surface area contributed by atoms with Gasteiger partial charge in [-0.3, -0.25) is 9.11 Å². The highest BCUT2D eigenvalue weighted by Crippen LogP contribution is 2.62. The maximum atomic E-state index is 10.6. The van der Waals surface area contributed by atoms with Crippen molar-refractivity contribution >= 4 is 10.4 Å². The smallest absolute Gasteiger partial charge is 0.394 e. The monoisotopic (exact) mass is 397 g/mol. The number of ether oxygens (including phenoxy) is 2. The summed E-state index contributed by atoms with van der Waals surface area (Å²) in [7, 11) is -0.760. The van der Waals surface area contributed by atoms with Crippen LogP contribution in [-0.2, 0) is 22.2 Å². The first-order valence-corrected chi connectivity index (χ1v) is 10.2. The molecule has 5 rings (SSSR count). The van der Waals surface area contributed by atoms with Crippen LogP contribution in [0.1, 0.15) is 17.5 Å². The van der Waals surface area contributed by atoms with E-state index in [4.69, 9.17) is 27.0 Å². The molecule has 0 saturated carbocycles. The summed E-state index contributed by atoms with van der Waals surface area (Å²) in [5.74, 6) is 2.09. The van der Waals surface area contributed by atoms with Gasteiger partial charge in [-0.25, -0.2) is 0 Å². The van der Waals surface area contributed by atoms with Crippen molar-refractivity contribution < 1.29 is 32.1 Å². The van der Waals surface area contributed by atoms with Crippen LogP contribution in [0.2, 0.25) is 0 Å². The van der Waals surface area contributed by atoms with Crippen LogP contribution >= 0.6 is 0 Å². The van der Waals surface area contributed by atoms with Crippen molar-refractivity contribution in [3.05, 3.63) is 35.4 Å². The zero-order valence-corrected chi connectivity index (χ0v) is 15.9. The van der Waals surface area contributed by atoms with Gasteiger partial charge in [-0.15, -0.1) is 0 Å². The average Bonchev–Trinajstić information content (AvgIpc) is 2.93. The second-order valence-electron chi connectivity index (χ2n) is 7.56. The molecule has 9 heteroatoms. The van der Waals surface area contributed by atoms with Crippen LogP contribution in [0.3, 0.4) is 0 Å². The summed E-state index contributed by atoms with van der Waals surface area (Å²) in [6, 6.07) is 4.70. The Morgan fingerprint density at radius 2 is 2.00 bits per heavy atom. The first-order chi connectivity index (χ1) is 12.7. The number of benzene rings is 1. The van der Waals surface area contributed by atoms with E-state index in [9.17, 15) is 5.11 Å². The molecule has 1 fully saturated rings. The first kappa shape index (κ1) is 18.7. The first-order valence-electron chi connectivity index (χ1n) is 8.80. The molecule has 2 heterocycles. The van der Waals surface area contributed by atoms with E-state index >= 15 is 0 Å². The van der Waals surface area contributed by atoms with E-state index in [0.29, 0.717) is 12.0 Å². The second kappa shape index (κ2) is 6.18. The Bertz CT molecular complexity index is 891. The number of likely N-dealkylation sites (tertiary alicyclic amines) is 1. The Morgan fingerprint density at radius 1 is 1.30 bits per heavy atom. The van der Waals surface area contributed by atoms with Crippen LogP contribution in [0.4, 0.5) is 0 Å². The Balaban J connectivity index is 0.000000323. The third-order valence-corrected chi connectivity index (χ3v) is 6.35. The van der Waals surface area contributed by atoms with E-state index in [1.807, 2.05) is 12.1 Å². The van der Waals surface area contributed by atoms with Gasteiger partial charge in [0.25, 0.3) is 0 Å². The molecule has 1 aromatic rings. The lowest BCUT2D eigenvalue weighted by Crippen LogP contribution is -2.64. The van der Waals surface area contributed by atoms with Crippen LogP contribution in [0.25, 0.3) is 0 Å². The molecule has 4 aliphatic rings. The molecule has 0 aromatic heterocycles. The van der Waals surface area contributed by atoms with E-state index in [-0.39, 0.29) is 11.5 Å². The van der Waals surface area contributed by atoms with E-state index in [0.717, 1.165) is 30.9 Å². The number of methoxy groups -OCH3 is 1. The minimum absolute atomic E-state index is 0.0806. The highest BCUT2D eigenvalue weighted by molar-refractivity contribution is 7.79. The summed E-state index contributed by atoms with van der Waals surface area (Å²) in [5.41, 5.74) is 2.60. The molecule has 2 aliphatic carbocycles. The van der Waals surface area contributed by atoms with Gasteiger partial charge in [0.2, 0.25) is 0 Å². The number of nitrogens with zero attached hydrogens (tertiary/aromatic N) is 1. The Labute approximate surface area is 158 Å². The Morgan fingerprint density at radius 3 is 2.67 bits per heavy atom. The van der Waals surface area contributed by atoms with Gasteiger partial charge in [-0.1, -0.05) is 18.2 Å². The van der Waals surface area contributed by atoms with E-state index in [1.54, 1.807) is 7.11 Å². The molecule has 1 spiro atoms. The van der Waals surface area contributed by atoms with Gasteiger partial charge >= 0.3 is 10.4 Å². The summed E-state index contributed by atoms with van der Waals surface area (Å²) in [5, 5.41) is 10.6. The maximum absolute atomic E-state index is 10.6. The maximum Gasteiger partial charge on any atom is 0.394 e. The SMILES string of the molecule is COc1ccc2c3c1OC1C(O)C=CC4C(C2)N(C)CCC341.O=S(=O)(O)O. The molecule has 0 amide bonds. The fourth-order valence-electron chi connectivity index (χ4n) is 5.39. The fraction of sp³-hybridized carbons (Fsp3) is 0.556. The number of likely N-dealkylation sites (N-methyl/N-ethyl adjacent to an activating group) is 1. The minimum atomic E-state index is -4.67. The van der Waals surface area contributed by atoms with Crippen molar-refractivity contribution in [2.45, 2.75) is 36.5 Å².